The van der Waals surface area contributed by atoms with Gasteiger partial charge in [-0.15, -0.1) is 0 Å². The van der Waals surface area contributed by atoms with Crippen LogP contribution in [0.25, 0.3) is 11.4 Å². The normalized spacial score (nSPS) is 17.0. The molecule has 10 heteroatoms. The lowest BCUT2D eigenvalue weighted by Crippen LogP contribution is -2.43. The lowest BCUT2D eigenvalue weighted by molar-refractivity contribution is -0.120. The number of aryl methyl sites for hydroxylation is 2. The molecule has 1 aromatic heterocycles. The Morgan fingerprint density at radius 2 is 2.03 bits per heavy atom. The van der Waals surface area contributed by atoms with E-state index in [0.717, 1.165) is 0 Å². The first-order valence-corrected chi connectivity index (χ1v) is 12.1. The summed E-state index contributed by atoms with van der Waals surface area (Å²) in [6.45, 7) is 3.89. The van der Waals surface area contributed by atoms with Gasteiger partial charge in [0.25, 0.3) is 0 Å². The second-order valence-corrected chi connectivity index (χ2v) is 9.95. The number of anilines is 1. The van der Waals surface area contributed by atoms with Crippen LogP contribution in [0.2, 0.25) is 0 Å². The topological polar surface area (TPSA) is 115 Å². The lowest BCUT2D eigenvalue weighted by Gasteiger charge is -2.31. The van der Waals surface area contributed by atoms with Crippen molar-refractivity contribution in [3.8, 4) is 17.1 Å². The van der Waals surface area contributed by atoms with Gasteiger partial charge in [-0.25, -0.2) is 8.42 Å². The summed E-state index contributed by atoms with van der Waals surface area (Å²) in [6.07, 6.45) is 1.21. The summed E-state index contributed by atoms with van der Waals surface area (Å²) in [4.78, 5) is 17.2. The number of methoxy groups -OCH3 is 1. The van der Waals surface area contributed by atoms with Crippen molar-refractivity contribution in [2.24, 2.45) is 5.92 Å². The largest absolute Gasteiger partial charge is 0.497 e. The summed E-state index contributed by atoms with van der Waals surface area (Å²) < 4.78 is 38.6. The average Bonchev–Trinajstić information content (AvgIpc) is 3.25. The molecule has 0 saturated carbocycles. The molecule has 1 aliphatic rings. The van der Waals surface area contributed by atoms with Crippen LogP contribution in [0.15, 0.2) is 51.9 Å². The van der Waals surface area contributed by atoms with Gasteiger partial charge in [-0.3, -0.25) is 4.79 Å². The zero-order chi connectivity index (χ0) is 23.6. The zero-order valence-corrected chi connectivity index (χ0v) is 19.6. The Hall–Kier alpha value is -3.24. The maximum Gasteiger partial charge on any atom is 0.243 e. The maximum absolute atomic E-state index is 13.5. The highest BCUT2D eigenvalue weighted by atomic mass is 32.2. The summed E-state index contributed by atoms with van der Waals surface area (Å²) in [5, 5.41) is 6.76. The van der Waals surface area contributed by atoms with Crippen LogP contribution in [0.5, 0.6) is 5.75 Å². The van der Waals surface area contributed by atoms with Crippen molar-refractivity contribution in [3.05, 3.63) is 53.9 Å². The molecule has 1 amide bonds. The number of carbonyl (C=O) groups excluding carboxylic acids is 1. The van der Waals surface area contributed by atoms with Crippen molar-refractivity contribution in [3.63, 3.8) is 0 Å². The van der Waals surface area contributed by atoms with E-state index in [1.165, 1.54) is 4.31 Å². The minimum Gasteiger partial charge on any atom is -0.497 e. The Balaban J connectivity index is 1.54. The number of aromatic nitrogens is 2. The highest BCUT2D eigenvalue weighted by Crippen LogP contribution is 2.29. The standard InChI is InChI=1S/C23H26N4O5S/c1-15-9-10-17(22-24-16(2)32-26-22)12-21(15)33(29,30)27-11-5-6-18(14-27)23(28)25-19-7-4-8-20(13-19)31-3/h4,7-10,12-13,18H,5-6,11,14H2,1-3H3,(H,25,28)/t18-/m1/s1. The van der Waals surface area contributed by atoms with Gasteiger partial charge in [0.2, 0.25) is 27.6 Å². The molecule has 2 aromatic carbocycles. The molecule has 174 valence electrons. The van der Waals surface area contributed by atoms with Crippen LogP contribution in [0.1, 0.15) is 24.3 Å². The second-order valence-electron chi connectivity index (χ2n) is 8.04. The summed E-state index contributed by atoms with van der Waals surface area (Å²) >= 11 is 0. The van der Waals surface area contributed by atoms with Crippen molar-refractivity contribution >= 4 is 21.6 Å². The molecule has 0 spiro atoms. The van der Waals surface area contributed by atoms with Gasteiger partial charge >= 0.3 is 0 Å². The highest BCUT2D eigenvalue weighted by molar-refractivity contribution is 7.89. The Kier molecular flexibility index (Phi) is 6.48. The maximum atomic E-state index is 13.5. The third-order valence-electron chi connectivity index (χ3n) is 5.68. The second kappa shape index (κ2) is 9.32. The van der Waals surface area contributed by atoms with Crippen LogP contribution in [0.4, 0.5) is 5.69 Å². The Labute approximate surface area is 192 Å². The third kappa shape index (κ3) is 4.91. The van der Waals surface area contributed by atoms with Crippen molar-refractivity contribution in [1.29, 1.82) is 0 Å². The van der Waals surface area contributed by atoms with E-state index >= 15 is 0 Å². The molecular weight excluding hydrogens is 444 g/mol. The van der Waals surface area contributed by atoms with Gasteiger partial charge in [0.15, 0.2) is 0 Å². The fourth-order valence-electron chi connectivity index (χ4n) is 3.89. The minimum atomic E-state index is -3.82. The first kappa shape index (κ1) is 22.9. The van der Waals surface area contributed by atoms with Crippen molar-refractivity contribution in [1.82, 2.24) is 14.4 Å². The molecule has 1 N–H and O–H groups in total. The van der Waals surface area contributed by atoms with E-state index in [-0.39, 0.29) is 17.3 Å². The van der Waals surface area contributed by atoms with E-state index in [2.05, 4.69) is 15.5 Å². The number of nitrogens with zero attached hydrogens (tertiary/aromatic N) is 3. The van der Waals surface area contributed by atoms with Crippen LogP contribution < -0.4 is 10.1 Å². The molecule has 33 heavy (non-hydrogen) atoms. The molecule has 0 aliphatic carbocycles. The fourth-order valence-corrected chi connectivity index (χ4v) is 5.67. The van der Waals surface area contributed by atoms with Crippen LogP contribution in [-0.2, 0) is 14.8 Å². The number of sulfonamides is 1. The average molecular weight is 471 g/mol. The van der Waals surface area contributed by atoms with E-state index < -0.39 is 15.9 Å². The summed E-state index contributed by atoms with van der Waals surface area (Å²) in [7, 11) is -2.26. The molecule has 0 radical (unpaired) electrons. The summed E-state index contributed by atoms with van der Waals surface area (Å²) in [5.74, 6) is 0.695. The van der Waals surface area contributed by atoms with Crippen LogP contribution >= 0.6 is 0 Å². The van der Waals surface area contributed by atoms with Gasteiger partial charge in [-0.1, -0.05) is 23.4 Å². The predicted octanol–water partition coefficient (Wildman–Crippen LogP) is 3.40. The quantitative estimate of drug-likeness (QED) is 0.587. The minimum absolute atomic E-state index is 0.114. The first-order valence-electron chi connectivity index (χ1n) is 10.6. The Bertz CT molecular complexity index is 1270. The summed E-state index contributed by atoms with van der Waals surface area (Å²) in [6, 6.07) is 12.1. The molecule has 1 fully saturated rings. The van der Waals surface area contributed by atoms with E-state index in [0.29, 0.717) is 53.7 Å². The number of amides is 1. The zero-order valence-electron chi connectivity index (χ0n) is 18.7. The Morgan fingerprint density at radius 3 is 2.76 bits per heavy atom. The van der Waals surface area contributed by atoms with Gasteiger partial charge in [-0.05, 0) is 43.5 Å². The van der Waals surface area contributed by atoms with Gasteiger partial charge in [0.1, 0.15) is 5.75 Å². The molecule has 0 bridgehead atoms. The van der Waals surface area contributed by atoms with Crippen LogP contribution in [0.3, 0.4) is 0 Å². The molecule has 1 aliphatic heterocycles. The number of carbonyl (C=O) groups is 1. The molecule has 4 rings (SSSR count). The number of benzene rings is 2. The monoisotopic (exact) mass is 470 g/mol. The molecular formula is C23H26N4O5S. The molecule has 1 saturated heterocycles. The summed E-state index contributed by atoms with van der Waals surface area (Å²) in [5.41, 5.74) is 1.78. The molecule has 1 atom stereocenters. The van der Waals surface area contributed by atoms with E-state index in [4.69, 9.17) is 9.26 Å². The molecule has 3 aromatic rings. The SMILES string of the molecule is COc1cccc(NC(=O)[C@@H]2CCCN(S(=O)(=O)c3cc(-c4noc(C)n4)ccc3C)C2)c1. The van der Waals surface area contributed by atoms with Gasteiger partial charge in [0.05, 0.1) is 17.9 Å². The van der Waals surface area contributed by atoms with Gasteiger partial charge < -0.3 is 14.6 Å². The van der Waals surface area contributed by atoms with Gasteiger partial charge in [-0.2, -0.15) is 9.29 Å². The molecule has 2 heterocycles. The number of hydrogen-bond acceptors (Lipinski definition) is 7. The number of rotatable bonds is 6. The fraction of sp³-hybridized carbons (Fsp3) is 0.348. The number of nitrogens with one attached hydrogen (secondary N) is 1. The number of hydrogen-bond donors (Lipinski definition) is 1. The van der Waals surface area contributed by atoms with E-state index in [9.17, 15) is 13.2 Å². The third-order valence-corrected chi connectivity index (χ3v) is 7.69. The molecule has 9 nitrogen and oxygen atoms in total. The predicted molar refractivity (Wildman–Crippen MR) is 122 cm³/mol. The van der Waals surface area contributed by atoms with Crippen molar-refractivity contribution < 1.29 is 22.5 Å². The van der Waals surface area contributed by atoms with Crippen LogP contribution in [0, 0.1) is 19.8 Å². The van der Waals surface area contributed by atoms with E-state index in [1.807, 2.05) is 0 Å². The highest BCUT2D eigenvalue weighted by Gasteiger charge is 2.34. The Morgan fingerprint density at radius 1 is 1.21 bits per heavy atom. The lowest BCUT2D eigenvalue weighted by atomic mass is 9.98. The van der Waals surface area contributed by atoms with Crippen molar-refractivity contribution in [2.45, 2.75) is 31.6 Å². The van der Waals surface area contributed by atoms with Gasteiger partial charge in [0, 0.05) is 37.3 Å². The number of piperidine rings is 1. The molecule has 0 unspecified atom stereocenters. The van der Waals surface area contributed by atoms with Crippen LogP contribution in [-0.4, -0.2) is 49.0 Å². The van der Waals surface area contributed by atoms with Crippen molar-refractivity contribution in [2.75, 3.05) is 25.5 Å². The van der Waals surface area contributed by atoms with E-state index in [1.54, 1.807) is 63.4 Å². The number of ether oxygens (including phenoxy) is 1. The smallest absolute Gasteiger partial charge is 0.243 e. The first-order chi connectivity index (χ1) is 15.8.